The molecule has 0 aromatic carbocycles. The number of likely N-dealkylation sites (N-methyl/N-ethyl adjacent to an activating group) is 1. The molecule has 0 radical (unpaired) electrons. The Labute approximate surface area is 368 Å². The number of carbonyl (C=O) groups excluding carboxylic acids is 2. The molecular weight excluding hydrogens is 774 g/mol. The molecule has 0 bridgehead atoms. The quantitative estimate of drug-likeness (QED) is 0.0196. The Hall–Kier alpha value is -2.55. The van der Waals surface area contributed by atoms with Gasteiger partial charge in [-0.1, -0.05) is 164 Å². The van der Waals surface area contributed by atoms with Crippen molar-refractivity contribution < 1.29 is 42.1 Å². The van der Waals surface area contributed by atoms with Crippen molar-refractivity contribution in [3.63, 3.8) is 0 Å². The molecule has 0 rings (SSSR count). The van der Waals surface area contributed by atoms with Gasteiger partial charge in [-0.2, -0.15) is 0 Å². The van der Waals surface area contributed by atoms with Gasteiger partial charge in [0.15, 0.2) is 6.10 Å². The van der Waals surface area contributed by atoms with E-state index in [4.69, 9.17) is 18.5 Å². The smallest absolute Gasteiger partial charge is 0.306 e. The molecule has 0 amide bonds. The SMILES string of the molecule is CC/C=C\C/C=C\C/C=C\C/C=C\C/C=C\CCCC(=O)OC(COC(=O)CCCCCCCCCCC/C=C\CCCCCCCC)COP(=O)([O-])OCC[N+](C)(C)C. The number of nitrogens with zero attached hydrogens (tertiary/aromatic N) is 1. The zero-order valence-electron chi connectivity index (χ0n) is 38.9. The number of unbranched alkanes of at least 4 members (excludes halogenated alkanes) is 16. The van der Waals surface area contributed by atoms with Crippen molar-refractivity contribution in [1.29, 1.82) is 0 Å². The Balaban J connectivity index is 4.40. The van der Waals surface area contributed by atoms with Crippen LogP contribution in [0.25, 0.3) is 0 Å². The molecule has 2 unspecified atom stereocenters. The number of phosphoric acid groups is 1. The summed E-state index contributed by atoms with van der Waals surface area (Å²) in [6.07, 6.45) is 52.2. The third-order valence-corrected chi connectivity index (χ3v) is 10.7. The minimum atomic E-state index is -4.65. The fourth-order valence-corrected chi connectivity index (χ4v) is 6.77. The Morgan fingerprint density at radius 1 is 0.533 bits per heavy atom. The molecule has 0 aromatic heterocycles. The monoisotopic (exact) mass is 862 g/mol. The maximum absolute atomic E-state index is 12.7. The van der Waals surface area contributed by atoms with E-state index in [1.807, 2.05) is 27.2 Å². The summed E-state index contributed by atoms with van der Waals surface area (Å²) in [6.45, 7) is 4.04. The molecule has 2 atom stereocenters. The molecule has 60 heavy (non-hydrogen) atoms. The van der Waals surface area contributed by atoms with Gasteiger partial charge in [0, 0.05) is 12.8 Å². The second-order valence-electron chi connectivity index (χ2n) is 16.7. The lowest BCUT2D eigenvalue weighted by atomic mass is 10.1. The van der Waals surface area contributed by atoms with Crippen molar-refractivity contribution in [2.24, 2.45) is 0 Å². The van der Waals surface area contributed by atoms with E-state index in [9.17, 15) is 19.0 Å². The number of quaternary nitrogens is 1. The van der Waals surface area contributed by atoms with Crippen LogP contribution in [0.1, 0.15) is 181 Å². The Kier molecular flexibility index (Phi) is 40.0. The van der Waals surface area contributed by atoms with Crippen molar-refractivity contribution in [1.82, 2.24) is 0 Å². The molecule has 0 N–H and O–H groups in total. The second-order valence-corrected chi connectivity index (χ2v) is 18.1. The number of ether oxygens (including phenoxy) is 2. The summed E-state index contributed by atoms with van der Waals surface area (Å²) in [5.41, 5.74) is 0. The molecule has 10 heteroatoms. The minimum Gasteiger partial charge on any atom is -0.756 e. The Morgan fingerprint density at radius 2 is 0.967 bits per heavy atom. The van der Waals surface area contributed by atoms with Crippen LogP contribution in [0.5, 0.6) is 0 Å². The zero-order valence-corrected chi connectivity index (χ0v) is 39.8. The van der Waals surface area contributed by atoms with E-state index in [1.54, 1.807) is 0 Å². The Bertz CT molecular complexity index is 1250. The fourth-order valence-electron chi connectivity index (χ4n) is 6.04. The lowest BCUT2D eigenvalue weighted by Gasteiger charge is -2.28. The average molecular weight is 862 g/mol. The van der Waals surface area contributed by atoms with E-state index >= 15 is 0 Å². The number of carbonyl (C=O) groups is 2. The number of allylic oxidation sites excluding steroid dienone is 12. The predicted octanol–water partition coefficient (Wildman–Crippen LogP) is 13.2. The molecule has 0 aliphatic carbocycles. The largest absolute Gasteiger partial charge is 0.756 e. The summed E-state index contributed by atoms with van der Waals surface area (Å²) in [4.78, 5) is 37.6. The topological polar surface area (TPSA) is 111 Å². The molecule has 0 saturated carbocycles. The second kappa shape index (κ2) is 41.8. The van der Waals surface area contributed by atoms with E-state index < -0.39 is 32.5 Å². The molecule has 0 saturated heterocycles. The third-order valence-electron chi connectivity index (χ3n) is 9.71. The molecule has 0 spiro atoms. The van der Waals surface area contributed by atoms with Crippen LogP contribution in [0.4, 0.5) is 0 Å². The average Bonchev–Trinajstić information content (AvgIpc) is 3.20. The Morgan fingerprint density at radius 3 is 1.48 bits per heavy atom. The number of hydrogen-bond donors (Lipinski definition) is 0. The van der Waals surface area contributed by atoms with Crippen molar-refractivity contribution in [2.45, 2.75) is 187 Å². The van der Waals surface area contributed by atoms with E-state index in [2.05, 4.69) is 80.7 Å². The minimum absolute atomic E-state index is 0.0449. The van der Waals surface area contributed by atoms with Crippen molar-refractivity contribution >= 4 is 19.8 Å². The van der Waals surface area contributed by atoms with Gasteiger partial charge in [0.1, 0.15) is 19.8 Å². The van der Waals surface area contributed by atoms with E-state index in [-0.39, 0.29) is 26.1 Å². The third kappa shape index (κ3) is 45.0. The van der Waals surface area contributed by atoms with Crippen molar-refractivity contribution in [3.8, 4) is 0 Å². The van der Waals surface area contributed by atoms with Gasteiger partial charge < -0.3 is 27.9 Å². The van der Waals surface area contributed by atoms with Crippen LogP contribution < -0.4 is 4.89 Å². The highest BCUT2D eigenvalue weighted by molar-refractivity contribution is 7.45. The summed E-state index contributed by atoms with van der Waals surface area (Å²) < 4.78 is 33.9. The highest BCUT2D eigenvalue weighted by Gasteiger charge is 2.21. The van der Waals surface area contributed by atoms with E-state index in [0.717, 1.165) is 57.8 Å². The number of esters is 2. The highest BCUT2D eigenvalue weighted by atomic mass is 31.2. The normalized spacial score (nSPS) is 14.2. The molecular formula is C50H88NO8P. The number of rotatable bonds is 42. The highest BCUT2D eigenvalue weighted by Crippen LogP contribution is 2.38. The maximum atomic E-state index is 12.7. The first-order chi connectivity index (χ1) is 29.0. The van der Waals surface area contributed by atoms with Gasteiger partial charge in [-0.15, -0.1) is 0 Å². The van der Waals surface area contributed by atoms with Gasteiger partial charge in [0.2, 0.25) is 0 Å². The van der Waals surface area contributed by atoms with Crippen LogP contribution in [0.15, 0.2) is 72.9 Å². The van der Waals surface area contributed by atoms with Gasteiger partial charge in [0.25, 0.3) is 7.82 Å². The first-order valence-electron chi connectivity index (χ1n) is 23.6. The lowest BCUT2D eigenvalue weighted by molar-refractivity contribution is -0.870. The van der Waals surface area contributed by atoms with E-state index in [0.29, 0.717) is 23.9 Å². The summed E-state index contributed by atoms with van der Waals surface area (Å²) in [7, 11) is 1.12. The summed E-state index contributed by atoms with van der Waals surface area (Å²) >= 11 is 0. The van der Waals surface area contributed by atoms with Crippen LogP contribution in [0.2, 0.25) is 0 Å². The van der Waals surface area contributed by atoms with Gasteiger partial charge in [-0.25, -0.2) is 0 Å². The number of phosphoric ester groups is 1. The first-order valence-corrected chi connectivity index (χ1v) is 25.1. The van der Waals surface area contributed by atoms with Crippen LogP contribution in [-0.2, 0) is 32.7 Å². The molecule has 0 heterocycles. The van der Waals surface area contributed by atoms with Crippen molar-refractivity contribution in [3.05, 3.63) is 72.9 Å². The molecule has 346 valence electrons. The zero-order chi connectivity index (χ0) is 44.3. The van der Waals surface area contributed by atoms with Crippen molar-refractivity contribution in [2.75, 3.05) is 47.5 Å². The molecule has 9 nitrogen and oxygen atoms in total. The summed E-state index contributed by atoms with van der Waals surface area (Å²) in [5, 5.41) is 0. The maximum Gasteiger partial charge on any atom is 0.306 e. The fraction of sp³-hybridized carbons (Fsp3) is 0.720. The van der Waals surface area contributed by atoms with Gasteiger partial charge in [-0.05, 0) is 77.0 Å². The number of hydrogen-bond acceptors (Lipinski definition) is 8. The van der Waals surface area contributed by atoms with Crippen LogP contribution in [-0.4, -0.2) is 70.0 Å². The molecule has 0 fully saturated rings. The van der Waals surface area contributed by atoms with E-state index in [1.165, 1.54) is 83.5 Å². The van der Waals surface area contributed by atoms with Gasteiger partial charge in [-0.3, -0.25) is 14.2 Å². The molecule has 0 aromatic rings. The van der Waals surface area contributed by atoms with Crippen LogP contribution >= 0.6 is 7.82 Å². The summed E-state index contributed by atoms with van der Waals surface area (Å²) in [6, 6.07) is 0. The standard InChI is InChI=1S/C50H88NO8P/c1-6-8-10-12-14-16-18-20-22-24-25-27-28-30-32-34-36-38-40-42-49(52)56-46-48(47-58-60(54,55)57-45-44-51(3,4)5)59-50(53)43-41-39-37-35-33-31-29-26-23-21-19-17-15-13-11-9-7-2/h9,11,15,17,20-23,29,31,35,37,48H,6-8,10,12-14,16,18-19,24-28,30,32-34,36,38-47H2,1-5H3/b11-9-,17-15-,22-20-,23-21-,31-29-,37-35-. The molecule has 0 aliphatic rings. The van der Waals surface area contributed by atoms with Gasteiger partial charge in [0.05, 0.1) is 27.7 Å². The van der Waals surface area contributed by atoms with Crippen LogP contribution in [0.3, 0.4) is 0 Å². The predicted molar refractivity (Wildman–Crippen MR) is 249 cm³/mol. The summed E-state index contributed by atoms with van der Waals surface area (Å²) in [5.74, 6) is -0.908. The van der Waals surface area contributed by atoms with Gasteiger partial charge >= 0.3 is 11.9 Å². The molecule has 0 aliphatic heterocycles. The van der Waals surface area contributed by atoms with Crippen LogP contribution in [0, 0.1) is 0 Å². The first kappa shape index (κ1) is 57.4. The lowest BCUT2D eigenvalue weighted by Crippen LogP contribution is -2.37.